The first-order chi connectivity index (χ1) is 16.2. The molecule has 1 atom stereocenters. The largest absolute Gasteiger partial charge is 0.442 e. The molecule has 4 rings (SSSR count). The Hall–Kier alpha value is -2.92. The predicted octanol–water partition coefficient (Wildman–Crippen LogP) is 3.68. The Bertz CT molecular complexity index is 1010. The molecule has 3 heterocycles. The summed E-state index contributed by atoms with van der Waals surface area (Å²) in [4.78, 5) is 23.3. The summed E-state index contributed by atoms with van der Waals surface area (Å²) in [6.45, 7) is 6.34. The minimum Gasteiger partial charge on any atom is -0.442 e. The topological polar surface area (TPSA) is 60.9 Å². The zero-order valence-corrected chi connectivity index (χ0v) is 19.5. The Morgan fingerprint density at radius 2 is 1.85 bits per heavy atom. The maximum atomic E-state index is 12.7. The van der Waals surface area contributed by atoms with Crippen molar-refractivity contribution in [2.24, 2.45) is 0 Å². The van der Waals surface area contributed by atoms with E-state index in [4.69, 9.17) is 17.0 Å². The quantitative estimate of drug-likeness (QED) is 0.616. The lowest BCUT2D eigenvalue weighted by Gasteiger charge is -2.35. The number of pyridine rings is 1. The number of anilines is 2. The average molecular weight is 494 g/mol. The first kappa shape index (κ1) is 24.2. The zero-order chi connectivity index (χ0) is 24.3. The normalized spacial score (nSPS) is 19.3. The minimum atomic E-state index is -4.32. The Morgan fingerprint density at radius 1 is 1.15 bits per heavy atom. The SMILES string of the molecule is CC(=S)NCC1CN(c2ccc(N3CCN(Cc4ccc(C(F)(F)F)cc4)CC3)nc2)C(=O)O1. The van der Waals surface area contributed by atoms with Crippen LogP contribution in [-0.4, -0.2) is 66.3 Å². The molecule has 182 valence electrons. The monoisotopic (exact) mass is 493 g/mol. The third-order valence-corrected chi connectivity index (χ3v) is 6.02. The van der Waals surface area contributed by atoms with Gasteiger partial charge >= 0.3 is 12.3 Å². The molecule has 2 aromatic rings. The fourth-order valence-electron chi connectivity index (χ4n) is 4.01. The van der Waals surface area contributed by atoms with E-state index in [2.05, 4.69) is 20.1 Å². The average Bonchev–Trinajstić information content (AvgIpc) is 3.19. The summed E-state index contributed by atoms with van der Waals surface area (Å²) in [5, 5.41) is 3.02. The van der Waals surface area contributed by atoms with E-state index in [1.165, 1.54) is 12.1 Å². The van der Waals surface area contributed by atoms with Gasteiger partial charge in [-0.3, -0.25) is 9.80 Å². The molecule has 0 aliphatic carbocycles. The van der Waals surface area contributed by atoms with Crippen LogP contribution in [0.1, 0.15) is 18.1 Å². The molecule has 34 heavy (non-hydrogen) atoms. The van der Waals surface area contributed by atoms with Crippen LogP contribution in [-0.2, 0) is 17.5 Å². The van der Waals surface area contributed by atoms with Gasteiger partial charge in [0.25, 0.3) is 0 Å². The summed E-state index contributed by atoms with van der Waals surface area (Å²) in [5.41, 5.74) is 0.905. The van der Waals surface area contributed by atoms with Gasteiger partial charge in [0.1, 0.15) is 11.9 Å². The van der Waals surface area contributed by atoms with Crippen molar-refractivity contribution in [2.75, 3.05) is 49.1 Å². The maximum absolute atomic E-state index is 12.7. The molecule has 0 bridgehead atoms. The number of alkyl halides is 3. The summed E-state index contributed by atoms with van der Waals surface area (Å²) < 4.78 is 43.6. The number of halogens is 3. The summed E-state index contributed by atoms with van der Waals surface area (Å²) in [6, 6.07) is 9.08. The van der Waals surface area contributed by atoms with Gasteiger partial charge in [-0.2, -0.15) is 13.2 Å². The molecule has 11 heteroatoms. The molecular formula is C23H26F3N5O2S. The molecule has 2 aliphatic rings. The first-order valence-electron chi connectivity index (χ1n) is 11.0. The van der Waals surface area contributed by atoms with Gasteiger partial charge < -0.3 is 15.0 Å². The molecular weight excluding hydrogens is 467 g/mol. The number of rotatable bonds is 6. The highest BCUT2D eigenvalue weighted by Gasteiger charge is 2.33. The Morgan fingerprint density at radius 3 is 2.44 bits per heavy atom. The summed E-state index contributed by atoms with van der Waals surface area (Å²) in [6.07, 6.45) is -3.32. The van der Waals surface area contributed by atoms with Crippen molar-refractivity contribution < 1.29 is 22.7 Å². The van der Waals surface area contributed by atoms with E-state index in [1.54, 1.807) is 18.0 Å². The van der Waals surface area contributed by atoms with Crippen LogP contribution in [0.4, 0.5) is 29.5 Å². The van der Waals surface area contributed by atoms with Crippen LogP contribution in [0.5, 0.6) is 0 Å². The van der Waals surface area contributed by atoms with Gasteiger partial charge in [-0.15, -0.1) is 0 Å². The van der Waals surface area contributed by atoms with E-state index in [0.29, 0.717) is 30.3 Å². The lowest BCUT2D eigenvalue weighted by atomic mass is 10.1. The van der Waals surface area contributed by atoms with Crippen LogP contribution in [0.15, 0.2) is 42.6 Å². The third-order valence-electron chi connectivity index (χ3n) is 5.88. The highest BCUT2D eigenvalue weighted by Crippen LogP contribution is 2.29. The van der Waals surface area contributed by atoms with Gasteiger partial charge in [0.05, 0.1) is 35.5 Å². The molecule has 0 radical (unpaired) electrons. The van der Waals surface area contributed by atoms with E-state index in [9.17, 15) is 18.0 Å². The number of ether oxygens (including phenoxy) is 1. The molecule has 1 unspecified atom stereocenters. The molecule has 2 saturated heterocycles. The predicted molar refractivity (Wildman–Crippen MR) is 127 cm³/mol. The number of aromatic nitrogens is 1. The third kappa shape index (κ3) is 5.95. The summed E-state index contributed by atoms with van der Waals surface area (Å²) in [5.74, 6) is 0.819. The second-order valence-corrected chi connectivity index (χ2v) is 9.00. The van der Waals surface area contributed by atoms with Crippen molar-refractivity contribution in [2.45, 2.75) is 25.7 Å². The van der Waals surface area contributed by atoms with Crippen molar-refractivity contribution in [3.05, 3.63) is 53.7 Å². The molecule has 0 spiro atoms. The van der Waals surface area contributed by atoms with E-state index in [1.807, 2.05) is 12.1 Å². The van der Waals surface area contributed by atoms with Gasteiger partial charge in [-0.25, -0.2) is 9.78 Å². The van der Waals surface area contributed by atoms with Gasteiger partial charge in [-0.1, -0.05) is 24.4 Å². The number of piperazine rings is 1. The van der Waals surface area contributed by atoms with Crippen molar-refractivity contribution in [3.8, 4) is 0 Å². The van der Waals surface area contributed by atoms with E-state index >= 15 is 0 Å². The van der Waals surface area contributed by atoms with Gasteiger partial charge in [0.2, 0.25) is 0 Å². The number of hydrogen-bond donors (Lipinski definition) is 1. The number of hydrogen-bond acceptors (Lipinski definition) is 6. The van der Waals surface area contributed by atoms with Crippen LogP contribution < -0.4 is 15.1 Å². The number of cyclic esters (lactones) is 1. The van der Waals surface area contributed by atoms with E-state index in [-0.39, 0.29) is 6.10 Å². The summed E-state index contributed by atoms with van der Waals surface area (Å²) in [7, 11) is 0. The highest BCUT2D eigenvalue weighted by atomic mass is 32.1. The first-order valence-corrected chi connectivity index (χ1v) is 11.4. The van der Waals surface area contributed by atoms with Crippen molar-refractivity contribution >= 4 is 34.8 Å². The number of nitrogens with zero attached hydrogens (tertiary/aromatic N) is 4. The maximum Gasteiger partial charge on any atom is 0.416 e. The van der Waals surface area contributed by atoms with Crippen molar-refractivity contribution in [1.82, 2.24) is 15.2 Å². The Kier molecular flexibility index (Phi) is 7.22. The van der Waals surface area contributed by atoms with Crippen LogP contribution in [0, 0.1) is 0 Å². The van der Waals surface area contributed by atoms with Crippen LogP contribution in [0.2, 0.25) is 0 Å². The molecule has 1 N–H and O–H groups in total. The Labute approximate surface area is 201 Å². The van der Waals surface area contributed by atoms with E-state index in [0.717, 1.165) is 49.7 Å². The number of thiocarbonyl (C=S) groups is 1. The van der Waals surface area contributed by atoms with Gasteiger partial charge in [-0.05, 0) is 36.8 Å². The number of nitrogens with one attached hydrogen (secondary N) is 1. The van der Waals surface area contributed by atoms with Crippen LogP contribution in [0.3, 0.4) is 0 Å². The standard InChI is InChI=1S/C23H26F3N5O2S/c1-16(34)27-13-20-15-31(22(32)33-20)19-6-7-21(28-12-19)30-10-8-29(9-11-30)14-17-2-4-18(5-3-17)23(24,25)26/h2-7,12,20H,8-11,13-15H2,1H3,(H,27,34). The lowest BCUT2D eigenvalue weighted by Crippen LogP contribution is -2.46. The number of benzene rings is 1. The van der Waals surface area contributed by atoms with Gasteiger partial charge in [0, 0.05) is 32.7 Å². The molecule has 1 aromatic heterocycles. The molecule has 1 aromatic carbocycles. The van der Waals surface area contributed by atoms with Gasteiger partial charge in [0.15, 0.2) is 0 Å². The summed E-state index contributed by atoms with van der Waals surface area (Å²) >= 11 is 5.00. The minimum absolute atomic E-state index is 0.275. The number of carbonyl (C=O) groups excluding carboxylic acids is 1. The van der Waals surface area contributed by atoms with Crippen LogP contribution >= 0.6 is 12.2 Å². The smallest absolute Gasteiger partial charge is 0.416 e. The fourth-order valence-corrected chi connectivity index (χ4v) is 4.10. The van der Waals surface area contributed by atoms with E-state index < -0.39 is 17.8 Å². The lowest BCUT2D eigenvalue weighted by molar-refractivity contribution is -0.137. The zero-order valence-electron chi connectivity index (χ0n) is 18.7. The number of amides is 1. The Balaban J connectivity index is 1.28. The molecule has 1 amide bonds. The van der Waals surface area contributed by atoms with Crippen LogP contribution in [0.25, 0.3) is 0 Å². The molecule has 0 saturated carbocycles. The second kappa shape index (κ2) is 10.1. The number of carbonyl (C=O) groups is 1. The second-order valence-electron chi connectivity index (χ2n) is 8.39. The molecule has 2 aliphatic heterocycles. The molecule has 2 fully saturated rings. The van der Waals surface area contributed by atoms with Crippen molar-refractivity contribution in [3.63, 3.8) is 0 Å². The molecule has 7 nitrogen and oxygen atoms in total. The highest BCUT2D eigenvalue weighted by molar-refractivity contribution is 7.80. The fraction of sp³-hybridized carbons (Fsp3) is 0.435. The van der Waals surface area contributed by atoms with Crippen molar-refractivity contribution in [1.29, 1.82) is 0 Å².